The van der Waals surface area contributed by atoms with E-state index in [0.717, 1.165) is 57.0 Å². The standard InChI is InChI=1S/C13H17ClN4OS/c14-10-8-11-12(15-9-10)18(13(20)16-11)3-1-2-17-4-6-19-7-5-17/h8-9H,1-7H2,(H,16,20). The van der Waals surface area contributed by atoms with Crippen LogP contribution in [0.5, 0.6) is 0 Å². The first-order valence-electron chi connectivity index (χ1n) is 6.78. The van der Waals surface area contributed by atoms with E-state index in [4.69, 9.17) is 28.6 Å². The summed E-state index contributed by atoms with van der Waals surface area (Å²) in [6.45, 7) is 5.65. The zero-order chi connectivity index (χ0) is 13.9. The minimum absolute atomic E-state index is 0.620. The molecule has 3 rings (SSSR count). The van der Waals surface area contributed by atoms with Gasteiger partial charge in [0.05, 0.1) is 23.8 Å². The second-order valence-corrected chi connectivity index (χ2v) is 5.74. The lowest BCUT2D eigenvalue weighted by Gasteiger charge is -2.26. The SMILES string of the molecule is S=c1[nH]c2cc(Cl)cnc2n1CCCN1CCOCC1. The fourth-order valence-electron chi connectivity index (χ4n) is 2.50. The minimum Gasteiger partial charge on any atom is -0.379 e. The number of H-pyrrole nitrogens is 1. The molecule has 5 nitrogen and oxygen atoms in total. The number of morpholine rings is 1. The number of halogens is 1. The van der Waals surface area contributed by atoms with Crippen LogP contribution in [0.4, 0.5) is 0 Å². The normalized spacial score (nSPS) is 16.9. The maximum absolute atomic E-state index is 5.94. The molecule has 20 heavy (non-hydrogen) atoms. The first-order valence-corrected chi connectivity index (χ1v) is 7.57. The third-order valence-electron chi connectivity index (χ3n) is 3.54. The molecule has 0 spiro atoms. The Kier molecular flexibility index (Phi) is 4.35. The monoisotopic (exact) mass is 312 g/mol. The van der Waals surface area contributed by atoms with Crippen molar-refractivity contribution >= 4 is 35.0 Å². The Morgan fingerprint density at radius 2 is 2.15 bits per heavy atom. The van der Waals surface area contributed by atoms with Crippen molar-refractivity contribution in [3.63, 3.8) is 0 Å². The number of aromatic amines is 1. The minimum atomic E-state index is 0.620. The lowest BCUT2D eigenvalue weighted by Crippen LogP contribution is -2.37. The van der Waals surface area contributed by atoms with Gasteiger partial charge in [-0.25, -0.2) is 4.98 Å². The molecule has 0 unspecified atom stereocenters. The van der Waals surface area contributed by atoms with E-state index in [1.54, 1.807) is 6.20 Å². The van der Waals surface area contributed by atoms with Gasteiger partial charge in [-0.1, -0.05) is 11.6 Å². The summed E-state index contributed by atoms with van der Waals surface area (Å²) in [6.07, 6.45) is 2.70. The number of rotatable bonds is 4. The molecule has 1 fully saturated rings. The third kappa shape index (κ3) is 3.03. The van der Waals surface area contributed by atoms with Gasteiger partial charge in [0.25, 0.3) is 0 Å². The fraction of sp³-hybridized carbons (Fsp3) is 0.538. The molecular formula is C13H17ClN4OS. The summed E-state index contributed by atoms with van der Waals surface area (Å²) in [4.78, 5) is 9.94. The van der Waals surface area contributed by atoms with E-state index in [9.17, 15) is 0 Å². The molecule has 1 saturated heterocycles. The number of pyridine rings is 1. The molecule has 0 aromatic carbocycles. The second kappa shape index (κ2) is 6.22. The Morgan fingerprint density at radius 1 is 1.35 bits per heavy atom. The highest BCUT2D eigenvalue weighted by atomic mass is 35.5. The molecule has 1 aliphatic rings. The van der Waals surface area contributed by atoms with Crippen LogP contribution < -0.4 is 0 Å². The number of imidazole rings is 1. The fourth-order valence-corrected chi connectivity index (χ4v) is 2.95. The summed E-state index contributed by atoms with van der Waals surface area (Å²) in [5.41, 5.74) is 1.77. The van der Waals surface area contributed by atoms with Crippen LogP contribution in [-0.2, 0) is 11.3 Å². The highest BCUT2D eigenvalue weighted by molar-refractivity contribution is 7.71. The lowest BCUT2D eigenvalue weighted by atomic mass is 10.3. The molecule has 1 N–H and O–H groups in total. The highest BCUT2D eigenvalue weighted by Gasteiger charge is 2.11. The predicted molar refractivity (Wildman–Crippen MR) is 81.8 cm³/mol. The first-order chi connectivity index (χ1) is 9.74. The molecule has 7 heteroatoms. The van der Waals surface area contributed by atoms with E-state index in [1.807, 2.05) is 10.6 Å². The smallest absolute Gasteiger partial charge is 0.179 e. The third-order valence-corrected chi connectivity index (χ3v) is 4.06. The largest absolute Gasteiger partial charge is 0.379 e. The van der Waals surface area contributed by atoms with Crippen LogP contribution >= 0.6 is 23.8 Å². The molecule has 0 radical (unpaired) electrons. The van der Waals surface area contributed by atoms with Gasteiger partial charge in [-0.05, 0) is 24.7 Å². The topological polar surface area (TPSA) is 46.1 Å². The zero-order valence-electron chi connectivity index (χ0n) is 11.1. The molecule has 1 aliphatic heterocycles. The van der Waals surface area contributed by atoms with E-state index < -0.39 is 0 Å². The Morgan fingerprint density at radius 3 is 2.95 bits per heavy atom. The van der Waals surface area contributed by atoms with Crippen molar-refractivity contribution in [2.45, 2.75) is 13.0 Å². The van der Waals surface area contributed by atoms with Gasteiger partial charge < -0.3 is 14.3 Å². The predicted octanol–water partition coefficient (Wildman–Crippen LogP) is 2.47. The highest BCUT2D eigenvalue weighted by Crippen LogP contribution is 2.16. The van der Waals surface area contributed by atoms with Crippen LogP contribution in [0.1, 0.15) is 6.42 Å². The Bertz CT molecular complexity index is 647. The summed E-state index contributed by atoms with van der Waals surface area (Å²) in [5.74, 6) is 0. The van der Waals surface area contributed by atoms with Gasteiger partial charge in [0.15, 0.2) is 10.4 Å². The molecule has 0 amide bonds. The molecule has 2 aromatic heterocycles. The zero-order valence-corrected chi connectivity index (χ0v) is 12.7. The van der Waals surface area contributed by atoms with Crippen LogP contribution in [0.25, 0.3) is 11.2 Å². The molecule has 0 aliphatic carbocycles. The number of aryl methyl sites for hydroxylation is 1. The van der Waals surface area contributed by atoms with Crippen LogP contribution in [0, 0.1) is 4.77 Å². The van der Waals surface area contributed by atoms with E-state index in [2.05, 4.69) is 14.9 Å². The molecule has 108 valence electrons. The average Bonchev–Trinajstić information content (AvgIpc) is 2.75. The van der Waals surface area contributed by atoms with Crippen LogP contribution in [0.3, 0.4) is 0 Å². The van der Waals surface area contributed by atoms with Crippen LogP contribution in [0.2, 0.25) is 5.02 Å². The van der Waals surface area contributed by atoms with Crippen molar-refractivity contribution in [3.05, 3.63) is 22.1 Å². The van der Waals surface area contributed by atoms with E-state index in [1.165, 1.54) is 0 Å². The van der Waals surface area contributed by atoms with Gasteiger partial charge in [0.2, 0.25) is 0 Å². The van der Waals surface area contributed by atoms with E-state index in [0.29, 0.717) is 9.79 Å². The maximum Gasteiger partial charge on any atom is 0.179 e. The Hall–Kier alpha value is -0.950. The summed E-state index contributed by atoms with van der Waals surface area (Å²) in [6, 6.07) is 1.86. The maximum atomic E-state index is 5.94. The van der Waals surface area contributed by atoms with Crippen molar-refractivity contribution in [1.29, 1.82) is 0 Å². The number of hydrogen-bond acceptors (Lipinski definition) is 4. The Labute approximate surface area is 127 Å². The summed E-state index contributed by atoms with van der Waals surface area (Å²) in [7, 11) is 0. The van der Waals surface area contributed by atoms with Crippen molar-refractivity contribution in [2.75, 3.05) is 32.8 Å². The van der Waals surface area contributed by atoms with Gasteiger partial charge in [0, 0.05) is 32.4 Å². The van der Waals surface area contributed by atoms with E-state index in [-0.39, 0.29) is 0 Å². The van der Waals surface area contributed by atoms with Crippen LogP contribution in [0.15, 0.2) is 12.3 Å². The molecule has 0 atom stereocenters. The number of nitrogens with one attached hydrogen (secondary N) is 1. The number of aromatic nitrogens is 3. The van der Waals surface area contributed by atoms with Gasteiger partial charge in [0.1, 0.15) is 0 Å². The molecular weight excluding hydrogens is 296 g/mol. The van der Waals surface area contributed by atoms with Crippen molar-refractivity contribution in [1.82, 2.24) is 19.4 Å². The Balaban J connectivity index is 1.68. The molecule has 3 heterocycles. The molecule has 0 bridgehead atoms. The molecule has 0 saturated carbocycles. The van der Waals surface area contributed by atoms with Gasteiger partial charge in [-0.3, -0.25) is 4.90 Å². The number of fused-ring (bicyclic) bond motifs is 1. The second-order valence-electron chi connectivity index (χ2n) is 4.91. The first kappa shape index (κ1) is 14.0. The van der Waals surface area contributed by atoms with Crippen molar-refractivity contribution in [3.8, 4) is 0 Å². The number of hydrogen-bond donors (Lipinski definition) is 1. The van der Waals surface area contributed by atoms with Crippen LogP contribution in [-0.4, -0.2) is 52.3 Å². The summed E-state index contributed by atoms with van der Waals surface area (Å²) in [5, 5.41) is 0.620. The number of ether oxygens (including phenoxy) is 1. The quantitative estimate of drug-likeness (QED) is 0.881. The average molecular weight is 313 g/mol. The van der Waals surface area contributed by atoms with Gasteiger partial charge in [-0.15, -0.1) is 0 Å². The summed E-state index contributed by atoms with van der Waals surface area (Å²) < 4.78 is 8.10. The van der Waals surface area contributed by atoms with E-state index >= 15 is 0 Å². The van der Waals surface area contributed by atoms with Crippen molar-refractivity contribution in [2.24, 2.45) is 0 Å². The van der Waals surface area contributed by atoms with Gasteiger partial charge in [-0.2, -0.15) is 0 Å². The lowest BCUT2D eigenvalue weighted by molar-refractivity contribution is 0.0369. The number of nitrogens with zero attached hydrogens (tertiary/aromatic N) is 3. The van der Waals surface area contributed by atoms with Gasteiger partial charge >= 0.3 is 0 Å². The summed E-state index contributed by atoms with van der Waals surface area (Å²) >= 11 is 11.3. The molecule has 2 aromatic rings. The van der Waals surface area contributed by atoms with Crippen molar-refractivity contribution < 1.29 is 4.74 Å².